The van der Waals surface area contributed by atoms with Crippen LogP contribution in [0.4, 0.5) is 5.13 Å². The SMILES string of the molecule is COc1ccc(S(=O)(=O)CCCC(=O)N(CCN(C)C)c2nc3ccc(SC)cc3s2)cc1.Cl. The van der Waals surface area contributed by atoms with Crippen LogP contribution in [0.25, 0.3) is 10.2 Å². The van der Waals surface area contributed by atoms with Gasteiger partial charge in [0.05, 0.1) is 28.0 Å². The number of sulfone groups is 1. The number of amides is 1. The summed E-state index contributed by atoms with van der Waals surface area (Å²) in [7, 11) is 1.96. The number of ether oxygens (including phenoxy) is 1. The molecule has 0 radical (unpaired) electrons. The predicted molar refractivity (Wildman–Crippen MR) is 144 cm³/mol. The number of rotatable bonds is 11. The monoisotopic (exact) mass is 543 g/mol. The van der Waals surface area contributed by atoms with Crippen LogP contribution >= 0.6 is 35.5 Å². The fourth-order valence-corrected chi connectivity index (χ4v) is 6.08. The van der Waals surface area contributed by atoms with Crippen LogP contribution in [0.3, 0.4) is 0 Å². The van der Waals surface area contributed by atoms with Crippen LogP contribution < -0.4 is 9.64 Å². The van der Waals surface area contributed by atoms with Crippen molar-refractivity contribution in [2.75, 3.05) is 51.2 Å². The zero-order chi connectivity index (χ0) is 24.0. The minimum atomic E-state index is -3.48. The first-order chi connectivity index (χ1) is 15.7. The van der Waals surface area contributed by atoms with Gasteiger partial charge in [-0.25, -0.2) is 13.4 Å². The molecule has 1 aromatic heterocycles. The first kappa shape index (κ1) is 28.4. The summed E-state index contributed by atoms with van der Waals surface area (Å²) in [6.45, 7) is 1.17. The topological polar surface area (TPSA) is 79.8 Å². The van der Waals surface area contributed by atoms with Gasteiger partial charge in [-0.2, -0.15) is 0 Å². The second kappa shape index (κ2) is 12.7. The van der Waals surface area contributed by atoms with Crippen molar-refractivity contribution < 1.29 is 17.9 Å². The van der Waals surface area contributed by atoms with Gasteiger partial charge < -0.3 is 9.64 Å². The Balaban J connectivity index is 0.00000408. The van der Waals surface area contributed by atoms with Gasteiger partial charge in [0.25, 0.3) is 0 Å². The molecule has 7 nitrogen and oxygen atoms in total. The van der Waals surface area contributed by atoms with Crippen molar-refractivity contribution >= 4 is 66.6 Å². The van der Waals surface area contributed by atoms with E-state index in [2.05, 4.69) is 11.1 Å². The van der Waals surface area contributed by atoms with Gasteiger partial charge >= 0.3 is 0 Å². The van der Waals surface area contributed by atoms with Gasteiger partial charge in [0.1, 0.15) is 5.75 Å². The third-order valence-corrected chi connectivity index (χ3v) is 8.69. The Morgan fingerprint density at radius 3 is 2.44 bits per heavy atom. The van der Waals surface area contributed by atoms with Crippen molar-refractivity contribution in [3.05, 3.63) is 42.5 Å². The summed E-state index contributed by atoms with van der Waals surface area (Å²) in [6.07, 6.45) is 2.40. The van der Waals surface area contributed by atoms with Gasteiger partial charge in [-0.05, 0) is 69.2 Å². The van der Waals surface area contributed by atoms with Crippen molar-refractivity contribution in [3.8, 4) is 5.75 Å². The standard InChI is InChI=1S/C23H29N3O4S3.ClH/c1-25(2)13-14-26(23-24-20-12-9-18(31-4)16-21(20)32-23)22(27)6-5-15-33(28,29)19-10-7-17(30-3)8-11-19;/h7-12,16H,5-6,13-15H2,1-4H3;1H. The molecule has 0 aliphatic heterocycles. The van der Waals surface area contributed by atoms with E-state index in [1.54, 1.807) is 28.8 Å². The number of methoxy groups -OCH3 is 1. The number of hydrogen-bond acceptors (Lipinski definition) is 8. The van der Waals surface area contributed by atoms with Crippen molar-refractivity contribution in [1.29, 1.82) is 0 Å². The molecule has 1 heterocycles. The van der Waals surface area contributed by atoms with E-state index in [4.69, 9.17) is 4.74 Å². The lowest BCUT2D eigenvalue weighted by Crippen LogP contribution is -2.36. The van der Waals surface area contributed by atoms with Crippen LogP contribution in [-0.4, -0.2) is 70.5 Å². The fourth-order valence-electron chi connectivity index (χ4n) is 3.21. The number of halogens is 1. The van der Waals surface area contributed by atoms with E-state index >= 15 is 0 Å². The molecule has 3 rings (SSSR count). The van der Waals surface area contributed by atoms with E-state index < -0.39 is 9.84 Å². The average Bonchev–Trinajstić information content (AvgIpc) is 3.21. The number of nitrogens with zero attached hydrogens (tertiary/aromatic N) is 3. The number of thiazole rings is 1. The molecule has 0 fully saturated rings. The zero-order valence-electron chi connectivity index (χ0n) is 19.7. The van der Waals surface area contributed by atoms with Gasteiger partial charge in [0.15, 0.2) is 15.0 Å². The highest BCUT2D eigenvalue weighted by Crippen LogP contribution is 2.32. The largest absolute Gasteiger partial charge is 0.497 e. The second-order valence-electron chi connectivity index (χ2n) is 7.78. The normalized spacial score (nSPS) is 11.4. The number of benzene rings is 2. The van der Waals surface area contributed by atoms with Crippen LogP contribution in [0.2, 0.25) is 0 Å². The maximum Gasteiger partial charge on any atom is 0.228 e. The Morgan fingerprint density at radius 2 is 1.82 bits per heavy atom. The summed E-state index contributed by atoms with van der Waals surface area (Å²) >= 11 is 3.15. The summed E-state index contributed by atoms with van der Waals surface area (Å²) < 4.78 is 31.4. The first-order valence-corrected chi connectivity index (χ1v) is 14.2. The lowest BCUT2D eigenvalue weighted by atomic mass is 10.3. The molecule has 0 saturated carbocycles. The van der Waals surface area contributed by atoms with Crippen LogP contribution in [0.5, 0.6) is 5.75 Å². The summed E-state index contributed by atoms with van der Waals surface area (Å²) in [5.74, 6) is 0.385. The van der Waals surface area contributed by atoms with Crippen molar-refractivity contribution in [2.24, 2.45) is 0 Å². The first-order valence-electron chi connectivity index (χ1n) is 10.5. The molecular formula is C23H30ClN3O4S3. The van der Waals surface area contributed by atoms with E-state index in [-0.39, 0.29) is 41.8 Å². The van der Waals surface area contributed by atoms with Gasteiger partial charge in [-0.15, -0.1) is 24.2 Å². The predicted octanol–water partition coefficient (Wildman–Crippen LogP) is 4.60. The number of likely N-dealkylation sites (N-methyl/N-ethyl adjacent to an activating group) is 1. The Hall–Kier alpha value is -1.85. The molecule has 186 valence electrons. The Morgan fingerprint density at radius 1 is 1.12 bits per heavy atom. The Bertz CT molecular complexity index is 1200. The summed E-state index contributed by atoms with van der Waals surface area (Å²) in [6, 6.07) is 12.4. The number of hydrogen-bond donors (Lipinski definition) is 0. The third-order valence-electron chi connectivity index (χ3n) is 5.11. The highest BCUT2D eigenvalue weighted by molar-refractivity contribution is 7.98. The number of thioether (sulfide) groups is 1. The van der Waals surface area contributed by atoms with Crippen molar-refractivity contribution in [3.63, 3.8) is 0 Å². The van der Waals surface area contributed by atoms with E-state index in [0.717, 1.165) is 15.1 Å². The molecule has 2 aromatic carbocycles. The molecule has 0 atom stereocenters. The molecule has 34 heavy (non-hydrogen) atoms. The van der Waals surface area contributed by atoms with Crippen molar-refractivity contribution in [2.45, 2.75) is 22.6 Å². The highest BCUT2D eigenvalue weighted by atomic mass is 35.5. The van der Waals surface area contributed by atoms with E-state index in [1.807, 2.05) is 37.4 Å². The summed E-state index contributed by atoms with van der Waals surface area (Å²) in [5, 5.41) is 0.646. The Labute approximate surface area is 215 Å². The van der Waals surface area contributed by atoms with Crippen LogP contribution in [0, 0.1) is 0 Å². The lowest BCUT2D eigenvalue weighted by Gasteiger charge is -2.22. The molecule has 3 aromatic rings. The molecule has 1 amide bonds. The van der Waals surface area contributed by atoms with Gasteiger partial charge in [0.2, 0.25) is 5.91 Å². The molecular weight excluding hydrogens is 514 g/mol. The molecule has 0 aliphatic rings. The number of anilines is 1. The molecule has 0 spiro atoms. The van der Waals surface area contributed by atoms with E-state index in [9.17, 15) is 13.2 Å². The van der Waals surface area contributed by atoms with Crippen LogP contribution in [-0.2, 0) is 14.6 Å². The maximum atomic E-state index is 13.1. The zero-order valence-corrected chi connectivity index (χ0v) is 23.0. The van der Waals surface area contributed by atoms with Gasteiger partial charge in [0, 0.05) is 24.4 Å². The number of fused-ring (bicyclic) bond motifs is 1. The highest BCUT2D eigenvalue weighted by Gasteiger charge is 2.21. The van der Waals surface area contributed by atoms with E-state index in [1.165, 1.54) is 30.6 Å². The van der Waals surface area contributed by atoms with E-state index in [0.29, 0.717) is 24.0 Å². The second-order valence-corrected chi connectivity index (χ2v) is 11.8. The van der Waals surface area contributed by atoms with Gasteiger partial charge in [-0.1, -0.05) is 11.3 Å². The van der Waals surface area contributed by atoms with Crippen LogP contribution in [0.15, 0.2) is 52.3 Å². The number of carbonyl (C=O) groups excluding carboxylic acids is 1. The quantitative estimate of drug-likeness (QED) is 0.327. The smallest absolute Gasteiger partial charge is 0.228 e. The van der Waals surface area contributed by atoms with Crippen molar-refractivity contribution in [1.82, 2.24) is 9.88 Å². The number of aromatic nitrogens is 1. The maximum absolute atomic E-state index is 13.1. The minimum absolute atomic E-state index is 0. The number of carbonyl (C=O) groups is 1. The average molecular weight is 544 g/mol. The summed E-state index contributed by atoms with van der Waals surface area (Å²) in [4.78, 5) is 22.9. The lowest BCUT2D eigenvalue weighted by molar-refractivity contribution is -0.118. The van der Waals surface area contributed by atoms with Crippen LogP contribution in [0.1, 0.15) is 12.8 Å². The molecule has 0 aliphatic carbocycles. The molecule has 0 saturated heterocycles. The molecule has 0 unspecified atom stereocenters. The molecule has 11 heteroatoms. The Kier molecular flexibility index (Phi) is 10.6. The summed E-state index contributed by atoms with van der Waals surface area (Å²) in [5.41, 5.74) is 0.859. The molecule has 0 bridgehead atoms. The third kappa shape index (κ3) is 7.32. The minimum Gasteiger partial charge on any atom is -0.497 e. The van der Waals surface area contributed by atoms with Gasteiger partial charge in [-0.3, -0.25) is 9.69 Å². The molecule has 0 N–H and O–H groups in total. The fraction of sp³-hybridized carbons (Fsp3) is 0.391.